The monoisotopic (exact) mass is 228 g/mol. The minimum atomic E-state index is 0.0425. The fourth-order valence-electron chi connectivity index (χ4n) is 0.952. The molecule has 0 bridgehead atoms. The Bertz CT molecular complexity index is 337. The quantitative estimate of drug-likeness (QED) is 0.593. The molecule has 0 aliphatic carbocycles. The van der Waals surface area contributed by atoms with Gasteiger partial charge in [-0.2, -0.15) is 0 Å². The van der Waals surface area contributed by atoms with Gasteiger partial charge in [-0.25, -0.2) is 4.98 Å². The lowest BCUT2D eigenvalue weighted by molar-refractivity contribution is 0.119. The van der Waals surface area contributed by atoms with Crippen LogP contribution in [0.15, 0.2) is 10.4 Å². The number of guanidine groups is 1. The molecule has 1 atom stereocenters. The Hall–Kier alpha value is -1.14. The van der Waals surface area contributed by atoms with E-state index in [9.17, 15) is 0 Å². The van der Waals surface area contributed by atoms with Crippen molar-refractivity contribution in [1.82, 2.24) is 10.3 Å². The Morgan fingerprint density at radius 3 is 3.13 bits per heavy atom. The molecule has 1 rings (SSSR count). The van der Waals surface area contributed by atoms with Gasteiger partial charge >= 0.3 is 0 Å². The molecule has 0 radical (unpaired) electrons. The molecule has 6 heteroatoms. The van der Waals surface area contributed by atoms with Crippen molar-refractivity contribution in [3.63, 3.8) is 0 Å². The lowest BCUT2D eigenvalue weighted by atomic mass is 10.4. The minimum Gasteiger partial charge on any atom is -0.375 e. The molecule has 15 heavy (non-hydrogen) atoms. The molecule has 0 aromatic carbocycles. The van der Waals surface area contributed by atoms with Crippen molar-refractivity contribution >= 4 is 17.3 Å². The Morgan fingerprint density at radius 1 is 1.80 bits per heavy atom. The normalized spacial score (nSPS) is 13.9. The molecule has 0 amide bonds. The molecule has 5 nitrogen and oxygen atoms in total. The Kier molecular flexibility index (Phi) is 4.51. The van der Waals surface area contributed by atoms with Crippen molar-refractivity contribution in [2.45, 2.75) is 19.6 Å². The number of aromatic nitrogens is 1. The second kappa shape index (κ2) is 5.67. The van der Waals surface area contributed by atoms with Crippen molar-refractivity contribution in [1.29, 1.82) is 0 Å². The van der Waals surface area contributed by atoms with Gasteiger partial charge in [0.15, 0.2) is 5.96 Å². The van der Waals surface area contributed by atoms with Crippen LogP contribution in [0.1, 0.15) is 23.7 Å². The van der Waals surface area contributed by atoms with Gasteiger partial charge in [-0.15, -0.1) is 11.3 Å². The van der Waals surface area contributed by atoms with Gasteiger partial charge in [-0.05, 0) is 6.92 Å². The zero-order valence-electron chi connectivity index (χ0n) is 9.15. The zero-order chi connectivity index (χ0) is 11.3. The number of nitrogens with one attached hydrogen (secondary N) is 1. The largest absolute Gasteiger partial charge is 0.375 e. The van der Waals surface area contributed by atoms with Crippen molar-refractivity contribution < 1.29 is 4.74 Å². The second-order valence-electron chi connectivity index (χ2n) is 3.02. The van der Waals surface area contributed by atoms with Crippen LogP contribution in [0.2, 0.25) is 0 Å². The van der Waals surface area contributed by atoms with E-state index in [2.05, 4.69) is 15.3 Å². The van der Waals surface area contributed by atoms with Crippen LogP contribution in [-0.4, -0.2) is 25.1 Å². The van der Waals surface area contributed by atoms with E-state index in [4.69, 9.17) is 10.5 Å². The van der Waals surface area contributed by atoms with Gasteiger partial charge in [-0.3, -0.25) is 4.99 Å². The number of aliphatic imine (C=N–C) groups is 1. The molecule has 84 valence electrons. The van der Waals surface area contributed by atoms with Crippen LogP contribution in [0, 0.1) is 0 Å². The Balaban J connectivity index is 2.53. The van der Waals surface area contributed by atoms with Gasteiger partial charge in [0.2, 0.25) is 0 Å². The molecule has 0 aliphatic heterocycles. The topological polar surface area (TPSA) is 72.5 Å². The zero-order valence-corrected chi connectivity index (χ0v) is 9.97. The van der Waals surface area contributed by atoms with Crippen molar-refractivity contribution in [2.75, 3.05) is 14.2 Å². The maximum Gasteiger partial charge on any atom is 0.188 e. The molecule has 1 aromatic heterocycles. The van der Waals surface area contributed by atoms with Gasteiger partial charge in [0.1, 0.15) is 11.1 Å². The molecule has 0 saturated carbocycles. The van der Waals surface area contributed by atoms with Gasteiger partial charge in [0, 0.05) is 19.5 Å². The lowest BCUT2D eigenvalue weighted by Gasteiger charge is -2.04. The second-order valence-corrected chi connectivity index (χ2v) is 3.91. The highest BCUT2D eigenvalue weighted by atomic mass is 32.1. The predicted octanol–water partition coefficient (Wildman–Crippen LogP) is 0.885. The minimum absolute atomic E-state index is 0.0425. The first-order valence-electron chi connectivity index (χ1n) is 4.60. The van der Waals surface area contributed by atoms with Crippen LogP contribution in [0.5, 0.6) is 0 Å². The first-order valence-corrected chi connectivity index (χ1v) is 5.48. The molecular weight excluding hydrogens is 212 g/mol. The SMILES string of the molecule is CN=C(N)NCc1csc(C(C)OC)n1. The summed E-state index contributed by atoms with van der Waals surface area (Å²) in [5, 5.41) is 5.91. The number of nitrogens with zero attached hydrogens (tertiary/aromatic N) is 2. The van der Waals surface area contributed by atoms with Gasteiger partial charge in [-0.1, -0.05) is 0 Å². The van der Waals surface area contributed by atoms with E-state index in [0.29, 0.717) is 12.5 Å². The van der Waals surface area contributed by atoms with Crippen LogP contribution in [0.3, 0.4) is 0 Å². The summed E-state index contributed by atoms with van der Waals surface area (Å²) >= 11 is 1.58. The highest BCUT2D eigenvalue weighted by Gasteiger charge is 2.08. The molecular formula is C9H16N4OS. The fourth-order valence-corrected chi connectivity index (χ4v) is 1.80. The number of hydrogen-bond acceptors (Lipinski definition) is 4. The van der Waals surface area contributed by atoms with E-state index in [0.717, 1.165) is 10.7 Å². The molecule has 0 fully saturated rings. The molecule has 0 aliphatic rings. The van der Waals surface area contributed by atoms with Crippen LogP contribution in [0.25, 0.3) is 0 Å². The molecule has 1 aromatic rings. The average molecular weight is 228 g/mol. The lowest BCUT2D eigenvalue weighted by Crippen LogP contribution is -2.30. The van der Waals surface area contributed by atoms with Crippen molar-refractivity contribution in [2.24, 2.45) is 10.7 Å². The summed E-state index contributed by atoms with van der Waals surface area (Å²) in [6.45, 7) is 2.56. The fraction of sp³-hybridized carbons (Fsp3) is 0.556. The number of thiazole rings is 1. The number of methoxy groups -OCH3 is 1. The van der Waals surface area contributed by atoms with Gasteiger partial charge < -0.3 is 15.8 Å². The first kappa shape index (κ1) is 11.9. The number of ether oxygens (including phenoxy) is 1. The van der Waals surface area contributed by atoms with Crippen LogP contribution >= 0.6 is 11.3 Å². The molecule has 0 spiro atoms. The number of rotatable bonds is 4. The van der Waals surface area contributed by atoms with E-state index < -0.39 is 0 Å². The summed E-state index contributed by atoms with van der Waals surface area (Å²) in [5.74, 6) is 0.421. The third-order valence-electron chi connectivity index (χ3n) is 1.96. The van der Waals surface area contributed by atoms with Crippen LogP contribution in [-0.2, 0) is 11.3 Å². The highest BCUT2D eigenvalue weighted by molar-refractivity contribution is 7.09. The maximum atomic E-state index is 5.50. The van der Waals surface area contributed by atoms with E-state index in [-0.39, 0.29) is 6.10 Å². The summed E-state index contributed by atoms with van der Waals surface area (Å²) in [5.41, 5.74) is 6.45. The summed E-state index contributed by atoms with van der Waals surface area (Å²) in [4.78, 5) is 8.20. The number of nitrogens with two attached hydrogens (primary N) is 1. The average Bonchev–Trinajstić information content (AvgIpc) is 2.73. The van der Waals surface area contributed by atoms with Crippen molar-refractivity contribution in [3.8, 4) is 0 Å². The summed E-state index contributed by atoms with van der Waals surface area (Å²) in [6.07, 6.45) is 0.0425. The smallest absolute Gasteiger partial charge is 0.188 e. The highest BCUT2D eigenvalue weighted by Crippen LogP contribution is 2.19. The number of hydrogen-bond donors (Lipinski definition) is 2. The molecule has 3 N–H and O–H groups in total. The van der Waals surface area contributed by atoms with Crippen LogP contribution < -0.4 is 11.1 Å². The van der Waals surface area contributed by atoms with E-state index >= 15 is 0 Å². The first-order chi connectivity index (χ1) is 7.17. The molecule has 1 heterocycles. The summed E-state index contributed by atoms with van der Waals surface area (Å²) in [7, 11) is 3.31. The standard InChI is InChI=1S/C9H16N4OS/c1-6(14-3)8-13-7(5-15-8)4-12-9(10)11-2/h5-6H,4H2,1-3H3,(H3,10,11,12). The molecule has 0 saturated heterocycles. The summed E-state index contributed by atoms with van der Waals surface area (Å²) < 4.78 is 5.18. The van der Waals surface area contributed by atoms with Gasteiger partial charge in [0.25, 0.3) is 0 Å². The van der Waals surface area contributed by atoms with E-state index in [1.165, 1.54) is 0 Å². The Labute approximate surface area is 93.4 Å². The third-order valence-corrected chi connectivity index (χ3v) is 3.02. The third kappa shape index (κ3) is 3.49. The predicted molar refractivity (Wildman–Crippen MR) is 61.9 cm³/mol. The summed E-state index contributed by atoms with van der Waals surface area (Å²) in [6, 6.07) is 0. The van der Waals surface area contributed by atoms with Gasteiger partial charge in [0.05, 0.1) is 12.2 Å². The van der Waals surface area contributed by atoms with Crippen molar-refractivity contribution in [3.05, 3.63) is 16.1 Å². The maximum absolute atomic E-state index is 5.50. The Morgan fingerprint density at radius 2 is 2.53 bits per heavy atom. The van der Waals surface area contributed by atoms with E-state index in [1.54, 1.807) is 25.5 Å². The molecule has 1 unspecified atom stereocenters. The van der Waals surface area contributed by atoms with Crippen LogP contribution in [0.4, 0.5) is 0 Å². The van der Waals surface area contributed by atoms with E-state index in [1.807, 2.05) is 12.3 Å².